The molecular formula is C16H17NO2S. The molecule has 0 aliphatic rings. The van der Waals surface area contributed by atoms with Crippen LogP contribution < -0.4 is 5.73 Å². The second-order valence-electron chi connectivity index (χ2n) is 4.50. The Bertz CT molecular complexity index is 608. The lowest BCUT2D eigenvalue weighted by molar-refractivity contribution is 0.0600. The Labute approximate surface area is 123 Å². The minimum atomic E-state index is -0.307. The van der Waals surface area contributed by atoms with Crippen molar-refractivity contribution in [2.45, 2.75) is 17.6 Å². The van der Waals surface area contributed by atoms with Crippen molar-refractivity contribution >= 4 is 23.4 Å². The van der Waals surface area contributed by atoms with Gasteiger partial charge in [0.05, 0.1) is 12.7 Å². The number of esters is 1. The van der Waals surface area contributed by atoms with Crippen molar-refractivity contribution in [2.75, 3.05) is 12.8 Å². The number of thioether (sulfide) groups is 1. The molecule has 20 heavy (non-hydrogen) atoms. The molecule has 2 aromatic carbocycles. The molecule has 0 atom stereocenters. The highest BCUT2D eigenvalue weighted by Crippen LogP contribution is 2.25. The first-order chi connectivity index (χ1) is 9.60. The number of nitrogen functional groups attached to an aromatic ring is 1. The molecule has 0 aromatic heterocycles. The number of aryl methyl sites for hydroxylation is 1. The van der Waals surface area contributed by atoms with Crippen LogP contribution in [0.25, 0.3) is 0 Å². The molecule has 0 aliphatic heterocycles. The summed E-state index contributed by atoms with van der Waals surface area (Å²) >= 11 is 1.74. The van der Waals surface area contributed by atoms with Crippen molar-refractivity contribution in [2.24, 2.45) is 0 Å². The number of benzene rings is 2. The summed E-state index contributed by atoms with van der Waals surface area (Å²) in [6.45, 7) is 2.00. The van der Waals surface area contributed by atoms with Gasteiger partial charge in [-0.3, -0.25) is 0 Å². The van der Waals surface area contributed by atoms with Gasteiger partial charge in [0.1, 0.15) is 0 Å². The van der Waals surface area contributed by atoms with E-state index in [1.165, 1.54) is 12.0 Å². The van der Waals surface area contributed by atoms with Gasteiger partial charge in [0.2, 0.25) is 0 Å². The Morgan fingerprint density at radius 3 is 2.50 bits per heavy atom. The van der Waals surface area contributed by atoms with E-state index in [0.717, 1.165) is 22.6 Å². The molecule has 3 nitrogen and oxygen atoms in total. The second-order valence-corrected chi connectivity index (χ2v) is 5.54. The fourth-order valence-electron chi connectivity index (χ4n) is 1.76. The minimum Gasteiger partial charge on any atom is -0.465 e. The van der Waals surface area contributed by atoms with Crippen LogP contribution in [0.4, 0.5) is 5.69 Å². The van der Waals surface area contributed by atoms with Crippen molar-refractivity contribution in [3.8, 4) is 0 Å². The molecule has 0 fully saturated rings. The monoisotopic (exact) mass is 287 g/mol. The Balaban J connectivity index is 2.00. The SMILES string of the molecule is COC(=O)c1ccc(CSc2ccc(N)c(C)c2)cc1. The Kier molecular flexibility index (Phi) is 4.69. The summed E-state index contributed by atoms with van der Waals surface area (Å²) in [5.41, 5.74) is 9.45. The van der Waals surface area contributed by atoms with E-state index in [4.69, 9.17) is 5.73 Å². The molecule has 2 N–H and O–H groups in total. The standard InChI is InChI=1S/C16H17NO2S/c1-11-9-14(7-8-15(11)17)20-10-12-3-5-13(6-4-12)16(18)19-2/h3-9H,10,17H2,1-2H3. The van der Waals surface area contributed by atoms with Gasteiger partial charge in [-0.15, -0.1) is 11.8 Å². The lowest BCUT2D eigenvalue weighted by Crippen LogP contribution is -2.00. The topological polar surface area (TPSA) is 52.3 Å². The van der Waals surface area contributed by atoms with Gasteiger partial charge >= 0.3 is 5.97 Å². The van der Waals surface area contributed by atoms with Gasteiger partial charge in [-0.05, 0) is 48.4 Å². The van der Waals surface area contributed by atoms with E-state index in [-0.39, 0.29) is 5.97 Å². The number of methoxy groups -OCH3 is 1. The second kappa shape index (κ2) is 6.48. The molecule has 0 spiro atoms. The minimum absolute atomic E-state index is 0.307. The number of carbonyl (C=O) groups excluding carboxylic acids is 1. The highest BCUT2D eigenvalue weighted by atomic mass is 32.2. The molecule has 0 saturated carbocycles. The number of rotatable bonds is 4. The van der Waals surface area contributed by atoms with Gasteiger partial charge in [0, 0.05) is 16.3 Å². The van der Waals surface area contributed by atoms with Gasteiger partial charge in [-0.2, -0.15) is 0 Å². The normalized spacial score (nSPS) is 10.3. The first-order valence-electron chi connectivity index (χ1n) is 6.26. The fraction of sp³-hybridized carbons (Fsp3) is 0.188. The van der Waals surface area contributed by atoms with E-state index < -0.39 is 0 Å². The molecule has 2 aromatic rings. The first-order valence-corrected chi connectivity index (χ1v) is 7.25. The zero-order valence-electron chi connectivity index (χ0n) is 11.6. The zero-order chi connectivity index (χ0) is 14.5. The fourth-order valence-corrected chi connectivity index (χ4v) is 2.71. The van der Waals surface area contributed by atoms with Crippen LogP contribution in [0.1, 0.15) is 21.5 Å². The summed E-state index contributed by atoms with van der Waals surface area (Å²) in [6, 6.07) is 13.5. The van der Waals surface area contributed by atoms with Crippen molar-refractivity contribution in [3.63, 3.8) is 0 Å². The number of anilines is 1. The van der Waals surface area contributed by atoms with Crippen molar-refractivity contribution in [1.82, 2.24) is 0 Å². The lowest BCUT2D eigenvalue weighted by atomic mass is 10.1. The summed E-state index contributed by atoms with van der Waals surface area (Å²) in [5, 5.41) is 0. The summed E-state index contributed by atoms with van der Waals surface area (Å²) < 4.78 is 4.67. The third-order valence-corrected chi connectivity index (χ3v) is 4.09. The molecule has 0 unspecified atom stereocenters. The number of nitrogens with two attached hydrogens (primary N) is 1. The number of hydrogen-bond donors (Lipinski definition) is 1. The van der Waals surface area contributed by atoms with Crippen LogP contribution in [0.3, 0.4) is 0 Å². The smallest absolute Gasteiger partial charge is 0.337 e. The Morgan fingerprint density at radius 1 is 1.20 bits per heavy atom. The summed E-state index contributed by atoms with van der Waals surface area (Å²) in [5.74, 6) is 0.545. The molecule has 0 bridgehead atoms. The number of carbonyl (C=O) groups is 1. The highest BCUT2D eigenvalue weighted by Gasteiger charge is 2.04. The average Bonchev–Trinajstić information content (AvgIpc) is 2.48. The van der Waals surface area contributed by atoms with E-state index >= 15 is 0 Å². The zero-order valence-corrected chi connectivity index (χ0v) is 12.4. The maximum absolute atomic E-state index is 11.3. The van der Waals surface area contributed by atoms with E-state index in [1.807, 2.05) is 31.2 Å². The quantitative estimate of drug-likeness (QED) is 0.530. The van der Waals surface area contributed by atoms with Crippen LogP contribution in [0.15, 0.2) is 47.4 Å². The third-order valence-electron chi connectivity index (χ3n) is 3.02. The summed E-state index contributed by atoms with van der Waals surface area (Å²) in [7, 11) is 1.38. The van der Waals surface area contributed by atoms with E-state index in [9.17, 15) is 4.79 Å². The highest BCUT2D eigenvalue weighted by molar-refractivity contribution is 7.98. The van der Waals surface area contributed by atoms with Crippen LogP contribution in [0.5, 0.6) is 0 Å². The van der Waals surface area contributed by atoms with Crippen LogP contribution >= 0.6 is 11.8 Å². The summed E-state index contributed by atoms with van der Waals surface area (Å²) in [4.78, 5) is 12.5. The third kappa shape index (κ3) is 3.54. The number of hydrogen-bond acceptors (Lipinski definition) is 4. The predicted octanol–water partition coefficient (Wildman–Crippen LogP) is 3.66. The van der Waals surface area contributed by atoms with E-state index in [2.05, 4.69) is 10.8 Å². The van der Waals surface area contributed by atoms with Gasteiger partial charge < -0.3 is 10.5 Å². The van der Waals surface area contributed by atoms with Gasteiger partial charge in [0.25, 0.3) is 0 Å². The average molecular weight is 287 g/mol. The molecular weight excluding hydrogens is 270 g/mol. The van der Waals surface area contributed by atoms with Gasteiger partial charge in [0.15, 0.2) is 0 Å². The Hall–Kier alpha value is -1.94. The number of ether oxygens (including phenoxy) is 1. The van der Waals surface area contributed by atoms with Gasteiger partial charge in [-0.1, -0.05) is 12.1 Å². The maximum Gasteiger partial charge on any atom is 0.337 e. The Morgan fingerprint density at radius 2 is 1.90 bits per heavy atom. The van der Waals surface area contributed by atoms with Crippen LogP contribution in [-0.2, 0) is 10.5 Å². The van der Waals surface area contributed by atoms with Crippen molar-refractivity contribution in [1.29, 1.82) is 0 Å². The maximum atomic E-state index is 11.3. The van der Waals surface area contributed by atoms with Crippen LogP contribution in [-0.4, -0.2) is 13.1 Å². The first kappa shape index (κ1) is 14.5. The van der Waals surface area contributed by atoms with E-state index in [1.54, 1.807) is 23.9 Å². The lowest BCUT2D eigenvalue weighted by Gasteiger charge is -2.06. The largest absolute Gasteiger partial charge is 0.465 e. The predicted molar refractivity (Wildman–Crippen MR) is 82.9 cm³/mol. The molecule has 104 valence electrons. The van der Waals surface area contributed by atoms with Crippen molar-refractivity contribution in [3.05, 3.63) is 59.2 Å². The molecule has 0 heterocycles. The molecule has 0 aliphatic carbocycles. The van der Waals surface area contributed by atoms with Crippen LogP contribution in [0, 0.1) is 6.92 Å². The van der Waals surface area contributed by atoms with Crippen LogP contribution in [0.2, 0.25) is 0 Å². The molecule has 4 heteroatoms. The van der Waals surface area contributed by atoms with E-state index in [0.29, 0.717) is 5.56 Å². The molecule has 0 amide bonds. The van der Waals surface area contributed by atoms with Gasteiger partial charge in [-0.25, -0.2) is 4.79 Å². The molecule has 2 rings (SSSR count). The van der Waals surface area contributed by atoms with Crippen molar-refractivity contribution < 1.29 is 9.53 Å². The summed E-state index contributed by atoms with van der Waals surface area (Å²) in [6.07, 6.45) is 0. The molecule has 0 radical (unpaired) electrons. The molecule has 0 saturated heterocycles.